The molecule has 0 amide bonds. The van der Waals surface area contributed by atoms with Crippen LogP contribution in [0, 0.1) is 6.92 Å². The second-order valence-corrected chi connectivity index (χ2v) is 6.79. The lowest BCUT2D eigenvalue weighted by Gasteiger charge is -2.15. The molecule has 3 aromatic rings. The fraction of sp³-hybridized carbons (Fsp3) is 0.190. The molecule has 26 heavy (non-hydrogen) atoms. The molecule has 4 nitrogen and oxygen atoms in total. The van der Waals surface area contributed by atoms with Gasteiger partial charge in [-0.25, -0.2) is 0 Å². The number of anilines is 1. The number of carbonyl (C=O) groups is 1. The summed E-state index contributed by atoms with van der Waals surface area (Å²) in [6, 6.07) is 11.5. The van der Waals surface area contributed by atoms with E-state index in [1.54, 1.807) is 18.6 Å². The zero-order chi connectivity index (χ0) is 18.7. The van der Waals surface area contributed by atoms with Gasteiger partial charge in [0.15, 0.2) is 5.78 Å². The van der Waals surface area contributed by atoms with Crippen LogP contribution in [-0.4, -0.2) is 29.8 Å². The lowest BCUT2D eigenvalue weighted by Crippen LogP contribution is -2.08. The van der Waals surface area contributed by atoms with E-state index >= 15 is 0 Å². The smallest absolute Gasteiger partial charge is 0.170 e. The maximum atomic E-state index is 12.5. The average Bonchev–Trinajstić information content (AvgIpc) is 2.63. The summed E-state index contributed by atoms with van der Waals surface area (Å²) in [4.78, 5) is 23.0. The summed E-state index contributed by atoms with van der Waals surface area (Å²) in [5, 5.41) is 0.673. The molecule has 5 heteroatoms. The standard InChI is InChI=1S/C21H20ClN3O/c1-14-8-9-23-13-19(14)21(26)10-16-5-4-15(12-24-16)18-11-17(25(2)3)6-7-20(18)22/h4-9,11-13H,10H2,1-3H3. The number of Topliss-reactive ketones (excluding diaryl/α,β-unsaturated/α-hetero) is 1. The summed E-state index contributed by atoms with van der Waals surface area (Å²) >= 11 is 6.35. The highest BCUT2D eigenvalue weighted by molar-refractivity contribution is 6.33. The molecule has 0 aliphatic heterocycles. The second kappa shape index (κ2) is 7.67. The number of ketones is 1. The van der Waals surface area contributed by atoms with Crippen molar-refractivity contribution in [3.8, 4) is 11.1 Å². The van der Waals surface area contributed by atoms with Gasteiger partial charge in [0.1, 0.15) is 0 Å². The van der Waals surface area contributed by atoms with Gasteiger partial charge in [-0.3, -0.25) is 14.8 Å². The Hall–Kier alpha value is -2.72. The molecular weight excluding hydrogens is 346 g/mol. The number of nitrogens with zero attached hydrogens (tertiary/aromatic N) is 3. The topological polar surface area (TPSA) is 46.1 Å². The van der Waals surface area contributed by atoms with Crippen molar-refractivity contribution in [1.29, 1.82) is 0 Å². The van der Waals surface area contributed by atoms with E-state index in [9.17, 15) is 4.79 Å². The van der Waals surface area contributed by atoms with Gasteiger partial charge in [-0.1, -0.05) is 17.7 Å². The minimum Gasteiger partial charge on any atom is -0.378 e. The van der Waals surface area contributed by atoms with Crippen molar-refractivity contribution in [3.05, 3.63) is 76.8 Å². The van der Waals surface area contributed by atoms with Crippen LogP contribution in [0.1, 0.15) is 21.6 Å². The molecule has 0 aliphatic carbocycles. The number of carbonyl (C=O) groups excluding carboxylic acids is 1. The molecule has 0 bridgehead atoms. The highest BCUT2D eigenvalue weighted by Gasteiger charge is 2.12. The Morgan fingerprint density at radius 1 is 1.12 bits per heavy atom. The number of halogens is 1. The van der Waals surface area contributed by atoms with Crippen molar-refractivity contribution in [3.63, 3.8) is 0 Å². The molecule has 0 fully saturated rings. The van der Waals surface area contributed by atoms with Gasteiger partial charge in [-0.05, 0) is 42.8 Å². The van der Waals surface area contributed by atoms with Crippen LogP contribution in [0.5, 0.6) is 0 Å². The summed E-state index contributed by atoms with van der Waals surface area (Å²) in [7, 11) is 3.97. The van der Waals surface area contributed by atoms with E-state index < -0.39 is 0 Å². The molecule has 0 N–H and O–H groups in total. The summed E-state index contributed by atoms with van der Waals surface area (Å²) in [6.07, 6.45) is 5.31. The molecule has 2 heterocycles. The number of pyridine rings is 2. The third-order valence-electron chi connectivity index (χ3n) is 4.28. The maximum absolute atomic E-state index is 12.5. The first kappa shape index (κ1) is 18.1. The molecule has 0 saturated heterocycles. The third kappa shape index (κ3) is 3.92. The van der Waals surface area contributed by atoms with E-state index in [2.05, 4.69) is 9.97 Å². The number of hydrogen-bond acceptors (Lipinski definition) is 4. The van der Waals surface area contributed by atoms with Gasteiger partial charge >= 0.3 is 0 Å². The van der Waals surface area contributed by atoms with Crippen LogP contribution in [0.4, 0.5) is 5.69 Å². The summed E-state index contributed by atoms with van der Waals surface area (Å²) in [6.45, 7) is 1.91. The first-order valence-electron chi connectivity index (χ1n) is 8.31. The molecule has 0 aliphatic rings. The number of rotatable bonds is 5. The highest BCUT2D eigenvalue weighted by atomic mass is 35.5. The predicted molar refractivity (Wildman–Crippen MR) is 106 cm³/mol. The van der Waals surface area contributed by atoms with Crippen LogP contribution in [0.15, 0.2) is 55.0 Å². The summed E-state index contributed by atoms with van der Waals surface area (Å²) in [5.74, 6) is 0.0171. The van der Waals surface area contributed by atoms with E-state index in [0.29, 0.717) is 10.6 Å². The Balaban J connectivity index is 1.82. The van der Waals surface area contributed by atoms with E-state index in [0.717, 1.165) is 28.1 Å². The molecular formula is C21H20ClN3O. The maximum Gasteiger partial charge on any atom is 0.170 e. The summed E-state index contributed by atoms with van der Waals surface area (Å²) in [5.41, 5.74) is 5.20. The van der Waals surface area contributed by atoms with Gasteiger partial charge in [0.05, 0.1) is 6.42 Å². The number of hydrogen-bond donors (Lipinski definition) is 0. The van der Waals surface area contributed by atoms with Crippen molar-refractivity contribution >= 4 is 23.1 Å². The fourth-order valence-corrected chi connectivity index (χ4v) is 2.94. The minimum absolute atomic E-state index is 0.0171. The first-order chi connectivity index (χ1) is 12.5. The molecule has 0 unspecified atom stereocenters. The Morgan fingerprint density at radius 3 is 2.58 bits per heavy atom. The molecule has 132 valence electrons. The van der Waals surface area contributed by atoms with Crippen LogP contribution >= 0.6 is 11.6 Å². The Labute approximate surface area is 158 Å². The van der Waals surface area contributed by atoms with Crippen molar-refractivity contribution in [2.45, 2.75) is 13.3 Å². The normalized spacial score (nSPS) is 10.6. The SMILES string of the molecule is Cc1ccncc1C(=O)Cc1ccc(-c2cc(N(C)C)ccc2Cl)cn1. The molecule has 0 atom stereocenters. The Bertz CT molecular complexity index is 936. The van der Waals surface area contributed by atoms with Crippen molar-refractivity contribution in [1.82, 2.24) is 9.97 Å². The minimum atomic E-state index is 0.0171. The van der Waals surface area contributed by atoms with Crippen LogP contribution in [0.2, 0.25) is 5.02 Å². The molecule has 2 aromatic heterocycles. The van der Waals surface area contributed by atoms with Gasteiger partial charge in [-0.2, -0.15) is 0 Å². The quantitative estimate of drug-likeness (QED) is 0.620. The average molecular weight is 366 g/mol. The third-order valence-corrected chi connectivity index (χ3v) is 4.61. The molecule has 0 saturated carbocycles. The van der Waals surface area contributed by atoms with Crippen LogP contribution in [0.3, 0.4) is 0 Å². The van der Waals surface area contributed by atoms with Crippen molar-refractivity contribution in [2.24, 2.45) is 0 Å². The van der Waals surface area contributed by atoms with E-state index in [1.807, 2.05) is 62.3 Å². The lowest BCUT2D eigenvalue weighted by atomic mass is 10.0. The molecule has 0 radical (unpaired) electrons. The Kier molecular flexibility index (Phi) is 5.33. The highest BCUT2D eigenvalue weighted by Crippen LogP contribution is 2.31. The number of aromatic nitrogens is 2. The fourth-order valence-electron chi connectivity index (χ4n) is 2.72. The Morgan fingerprint density at radius 2 is 1.92 bits per heavy atom. The van der Waals surface area contributed by atoms with Crippen LogP contribution in [-0.2, 0) is 6.42 Å². The van der Waals surface area contributed by atoms with Gasteiger partial charge in [-0.15, -0.1) is 0 Å². The van der Waals surface area contributed by atoms with Gasteiger partial charge < -0.3 is 4.90 Å². The van der Waals surface area contributed by atoms with Gasteiger partial charge in [0.25, 0.3) is 0 Å². The van der Waals surface area contributed by atoms with Crippen molar-refractivity contribution in [2.75, 3.05) is 19.0 Å². The first-order valence-corrected chi connectivity index (χ1v) is 8.69. The van der Waals surface area contributed by atoms with Crippen LogP contribution in [0.25, 0.3) is 11.1 Å². The zero-order valence-electron chi connectivity index (χ0n) is 15.0. The summed E-state index contributed by atoms with van der Waals surface area (Å²) < 4.78 is 0. The largest absolute Gasteiger partial charge is 0.378 e. The molecule has 1 aromatic carbocycles. The number of benzene rings is 1. The lowest BCUT2D eigenvalue weighted by molar-refractivity contribution is 0.0991. The molecule has 0 spiro atoms. The van der Waals surface area contributed by atoms with Crippen LogP contribution < -0.4 is 4.90 Å². The monoisotopic (exact) mass is 365 g/mol. The van der Waals surface area contributed by atoms with Crippen molar-refractivity contribution < 1.29 is 4.79 Å². The zero-order valence-corrected chi connectivity index (χ0v) is 15.8. The molecule has 3 rings (SSSR count). The van der Waals surface area contributed by atoms with E-state index in [1.165, 1.54) is 0 Å². The second-order valence-electron chi connectivity index (χ2n) is 6.39. The predicted octanol–water partition coefficient (Wildman–Crippen LogP) is 4.60. The van der Waals surface area contributed by atoms with Gasteiger partial charge in [0.2, 0.25) is 0 Å². The van der Waals surface area contributed by atoms with E-state index in [-0.39, 0.29) is 12.2 Å². The van der Waals surface area contributed by atoms with Gasteiger partial charge in [0, 0.05) is 65.8 Å². The van der Waals surface area contributed by atoms with E-state index in [4.69, 9.17) is 11.6 Å². The number of aryl methyl sites for hydroxylation is 1.